The molecule has 2 aliphatic rings. The normalized spacial score (nSPS) is 24.6. The van der Waals surface area contributed by atoms with Crippen molar-refractivity contribution in [2.75, 3.05) is 26.8 Å². The number of esters is 1. The first kappa shape index (κ1) is 20.1. The summed E-state index contributed by atoms with van der Waals surface area (Å²) in [6, 6.07) is 6.76. The Bertz CT molecular complexity index is 921. The Labute approximate surface area is 164 Å². The van der Waals surface area contributed by atoms with Crippen LogP contribution in [-0.4, -0.2) is 62.9 Å². The van der Waals surface area contributed by atoms with Gasteiger partial charge in [-0.05, 0) is 32.9 Å². The lowest BCUT2D eigenvalue weighted by molar-refractivity contribution is -0.135. The van der Waals surface area contributed by atoms with Crippen LogP contribution in [0.4, 0.5) is 0 Å². The van der Waals surface area contributed by atoms with E-state index in [-0.39, 0.29) is 18.2 Å². The predicted molar refractivity (Wildman–Crippen MR) is 103 cm³/mol. The molecule has 0 saturated heterocycles. The van der Waals surface area contributed by atoms with Gasteiger partial charge in [0.05, 0.1) is 13.7 Å². The molecular weight excluding hydrogens is 386 g/mol. The van der Waals surface area contributed by atoms with Gasteiger partial charge in [0.1, 0.15) is 5.75 Å². The van der Waals surface area contributed by atoms with Gasteiger partial charge in [0, 0.05) is 18.7 Å². The van der Waals surface area contributed by atoms with E-state index in [1.54, 1.807) is 36.1 Å². The minimum atomic E-state index is -4.11. The van der Waals surface area contributed by atoms with Crippen molar-refractivity contribution in [1.82, 2.24) is 4.90 Å². The van der Waals surface area contributed by atoms with Crippen molar-refractivity contribution in [2.45, 2.75) is 31.6 Å². The summed E-state index contributed by atoms with van der Waals surface area (Å²) in [6.45, 7) is 6.50. The molecule has 0 aromatic heterocycles. The van der Waals surface area contributed by atoms with E-state index < -0.39 is 26.8 Å². The van der Waals surface area contributed by atoms with Crippen molar-refractivity contribution < 1.29 is 27.5 Å². The standard InChI is InChI=1S/C18H23N3O6S/c1-5-21(6-2)17-18(12-8-10-13(25-4)11-9-12)15(28(23,24)20-17)14(19-27-18)16(22)26-7-3/h8-11,15H,5-7H2,1-4H3/t15-,18+/m1/s1. The maximum absolute atomic E-state index is 13.0. The minimum absolute atomic E-state index is 0.0872. The van der Waals surface area contributed by atoms with Crippen LogP contribution in [0.25, 0.3) is 0 Å². The summed E-state index contributed by atoms with van der Waals surface area (Å²) in [4.78, 5) is 19.9. The number of carbonyl (C=O) groups is 1. The number of nitrogens with zero attached hydrogens (tertiary/aromatic N) is 3. The van der Waals surface area contributed by atoms with Gasteiger partial charge in [0.2, 0.25) is 5.60 Å². The molecule has 2 aliphatic heterocycles. The topological polar surface area (TPSA) is 107 Å². The summed E-state index contributed by atoms with van der Waals surface area (Å²) in [5, 5.41) is 2.44. The largest absolute Gasteiger partial charge is 0.497 e. The van der Waals surface area contributed by atoms with E-state index in [1.165, 1.54) is 7.11 Å². The van der Waals surface area contributed by atoms with Gasteiger partial charge in [-0.25, -0.2) is 13.2 Å². The van der Waals surface area contributed by atoms with Gasteiger partial charge >= 0.3 is 5.97 Å². The zero-order valence-electron chi connectivity index (χ0n) is 16.2. The summed E-state index contributed by atoms with van der Waals surface area (Å²) >= 11 is 0. The molecule has 0 spiro atoms. The molecule has 152 valence electrons. The van der Waals surface area contributed by atoms with Crippen LogP contribution in [-0.2, 0) is 30.0 Å². The molecular formula is C18H23N3O6S. The second kappa shape index (κ2) is 7.42. The smallest absolute Gasteiger partial charge is 0.357 e. The number of carbonyl (C=O) groups excluding carboxylic acids is 1. The van der Waals surface area contributed by atoms with Crippen molar-refractivity contribution in [3.8, 4) is 5.75 Å². The van der Waals surface area contributed by atoms with Crippen LogP contribution in [0, 0.1) is 0 Å². The van der Waals surface area contributed by atoms with E-state index in [1.807, 2.05) is 13.8 Å². The number of hydrogen-bond donors (Lipinski definition) is 0. The third-order valence-electron chi connectivity index (χ3n) is 4.82. The highest BCUT2D eigenvalue weighted by molar-refractivity contribution is 7.92. The molecule has 0 radical (unpaired) electrons. The summed E-state index contributed by atoms with van der Waals surface area (Å²) in [6.07, 6.45) is 0. The Morgan fingerprint density at radius 3 is 2.39 bits per heavy atom. The van der Waals surface area contributed by atoms with Crippen molar-refractivity contribution in [3.05, 3.63) is 29.8 Å². The van der Waals surface area contributed by atoms with E-state index in [0.29, 0.717) is 24.4 Å². The molecule has 0 bridgehead atoms. The Morgan fingerprint density at radius 1 is 1.21 bits per heavy atom. The van der Waals surface area contributed by atoms with Crippen molar-refractivity contribution in [1.29, 1.82) is 0 Å². The quantitative estimate of drug-likeness (QED) is 0.652. The lowest BCUT2D eigenvalue weighted by Crippen LogP contribution is -2.53. The number of ether oxygens (including phenoxy) is 2. The van der Waals surface area contributed by atoms with Crippen LogP contribution in [0.5, 0.6) is 5.75 Å². The number of rotatable bonds is 6. The van der Waals surface area contributed by atoms with Crippen molar-refractivity contribution >= 4 is 27.5 Å². The number of oxime groups is 1. The molecule has 3 rings (SSSR count). The van der Waals surface area contributed by atoms with Crippen LogP contribution in [0.3, 0.4) is 0 Å². The number of fused-ring (bicyclic) bond motifs is 1. The van der Waals surface area contributed by atoms with Gasteiger partial charge in [-0.15, -0.1) is 4.40 Å². The molecule has 0 saturated carbocycles. The minimum Gasteiger partial charge on any atom is -0.497 e. The molecule has 2 heterocycles. The Balaban J connectivity index is 2.20. The fourth-order valence-electron chi connectivity index (χ4n) is 3.50. The van der Waals surface area contributed by atoms with Gasteiger partial charge in [-0.2, -0.15) is 0 Å². The summed E-state index contributed by atoms with van der Waals surface area (Å²) in [5.74, 6) is -0.0263. The average molecular weight is 409 g/mol. The van der Waals surface area contributed by atoms with E-state index in [4.69, 9.17) is 14.3 Å². The molecule has 0 N–H and O–H groups in total. The molecule has 1 aromatic carbocycles. The predicted octanol–water partition coefficient (Wildman–Crippen LogP) is 1.29. The Hall–Kier alpha value is -2.62. The number of methoxy groups -OCH3 is 1. The number of sulfonamides is 1. The SMILES string of the molecule is CCOC(=O)C1=NO[C@]2(c3ccc(OC)cc3)C(N(CC)CC)=NS(=O)(=O)[C@H]12. The second-order valence-electron chi connectivity index (χ2n) is 6.23. The highest BCUT2D eigenvalue weighted by atomic mass is 32.2. The average Bonchev–Trinajstić information content (AvgIpc) is 3.20. The highest BCUT2D eigenvalue weighted by Gasteiger charge is 2.67. The maximum Gasteiger partial charge on any atom is 0.357 e. The molecule has 0 aliphatic carbocycles. The van der Waals surface area contributed by atoms with Crippen molar-refractivity contribution in [3.63, 3.8) is 0 Å². The lowest BCUT2D eigenvalue weighted by atomic mass is 9.86. The molecule has 0 amide bonds. The summed E-state index contributed by atoms with van der Waals surface area (Å²) in [7, 11) is -2.58. The lowest BCUT2D eigenvalue weighted by Gasteiger charge is -2.33. The number of likely N-dealkylation sites (N-methyl/N-ethyl adjacent to an activating group) is 1. The first-order valence-corrected chi connectivity index (χ1v) is 10.5. The number of hydrogen-bond acceptors (Lipinski definition) is 8. The van der Waals surface area contributed by atoms with Gasteiger partial charge in [0.25, 0.3) is 10.0 Å². The first-order chi connectivity index (χ1) is 13.4. The number of amidine groups is 1. The molecule has 0 unspecified atom stereocenters. The Kier molecular flexibility index (Phi) is 5.33. The summed E-state index contributed by atoms with van der Waals surface area (Å²) in [5.41, 5.74) is -1.35. The third-order valence-corrected chi connectivity index (χ3v) is 6.39. The van der Waals surface area contributed by atoms with E-state index in [0.717, 1.165) is 0 Å². The van der Waals surface area contributed by atoms with Crippen LogP contribution in [0.1, 0.15) is 26.3 Å². The fourth-order valence-corrected chi connectivity index (χ4v) is 5.22. The maximum atomic E-state index is 13.0. The molecule has 28 heavy (non-hydrogen) atoms. The highest BCUT2D eigenvalue weighted by Crippen LogP contribution is 2.46. The second-order valence-corrected chi connectivity index (χ2v) is 7.92. The van der Waals surface area contributed by atoms with Gasteiger partial charge in [0.15, 0.2) is 16.8 Å². The number of benzene rings is 1. The zero-order chi connectivity index (χ0) is 20.5. The van der Waals surface area contributed by atoms with Crippen LogP contribution >= 0.6 is 0 Å². The monoisotopic (exact) mass is 409 g/mol. The van der Waals surface area contributed by atoms with Gasteiger partial charge in [-0.1, -0.05) is 17.3 Å². The van der Waals surface area contributed by atoms with Gasteiger partial charge in [-0.3, -0.25) is 0 Å². The van der Waals surface area contributed by atoms with Gasteiger partial charge < -0.3 is 19.2 Å². The van der Waals surface area contributed by atoms with Crippen LogP contribution < -0.4 is 4.74 Å². The molecule has 1 aromatic rings. The Morgan fingerprint density at radius 2 is 1.86 bits per heavy atom. The third kappa shape index (κ3) is 2.92. The molecule has 0 fully saturated rings. The first-order valence-electron chi connectivity index (χ1n) is 9.02. The van der Waals surface area contributed by atoms with Crippen molar-refractivity contribution in [2.24, 2.45) is 9.55 Å². The summed E-state index contributed by atoms with van der Waals surface area (Å²) < 4.78 is 40.2. The van der Waals surface area contributed by atoms with E-state index >= 15 is 0 Å². The van der Waals surface area contributed by atoms with E-state index in [9.17, 15) is 13.2 Å². The molecule has 2 atom stereocenters. The molecule has 9 nitrogen and oxygen atoms in total. The fraction of sp³-hybridized carbons (Fsp3) is 0.500. The zero-order valence-corrected chi connectivity index (χ0v) is 17.0. The van der Waals surface area contributed by atoms with Crippen LogP contribution in [0.2, 0.25) is 0 Å². The van der Waals surface area contributed by atoms with Crippen LogP contribution in [0.15, 0.2) is 33.8 Å². The molecule has 10 heteroatoms. The van der Waals surface area contributed by atoms with E-state index in [2.05, 4.69) is 9.55 Å².